The number of aromatic nitrogens is 1. The van der Waals surface area contributed by atoms with Gasteiger partial charge in [0.25, 0.3) is 0 Å². The molecule has 1 fully saturated rings. The van der Waals surface area contributed by atoms with Crippen LogP contribution in [0.3, 0.4) is 0 Å². The highest BCUT2D eigenvalue weighted by Crippen LogP contribution is 2.25. The number of amides is 1. The molecule has 1 aromatic carbocycles. The number of hydrazine groups is 1. The number of nitrogen functional groups attached to an aromatic ring is 1. The number of carbonyl (C=O) groups is 1. The topological polar surface area (TPSA) is 97.3 Å². The van der Waals surface area contributed by atoms with Gasteiger partial charge in [-0.1, -0.05) is 18.2 Å². The number of primary amides is 1. The van der Waals surface area contributed by atoms with Crippen molar-refractivity contribution >= 4 is 22.6 Å². The maximum Gasteiger partial charge on any atom is 0.234 e. The van der Waals surface area contributed by atoms with Crippen molar-refractivity contribution in [1.82, 2.24) is 9.88 Å². The normalized spacial score (nSPS) is 19.0. The van der Waals surface area contributed by atoms with Crippen LogP contribution in [0, 0.1) is 0 Å². The Morgan fingerprint density at radius 2 is 2.24 bits per heavy atom. The van der Waals surface area contributed by atoms with Gasteiger partial charge in [0.1, 0.15) is 5.82 Å². The van der Waals surface area contributed by atoms with Gasteiger partial charge in [0.05, 0.1) is 11.6 Å². The Morgan fingerprint density at radius 3 is 3.00 bits per heavy atom. The van der Waals surface area contributed by atoms with Crippen molar-refractivity contribution in [3.8, 4) is 0 Å². The van der Waals surface area contributed by atoms with Crippen LogP contribution in [0.2, 0.25) is 0 Å². The predicted molar refractivity (Wildman–Crippen MR) is 82.2 cm³/mol. The SMILES string of the molecule is NNc1nc2ccccc2cc1CN1CCCC1C(N)=O. The molecule has 1 atom stereocenters. The van der Waals surface area contributed by atoms with Crippen LogP contribution in [0.25, 0.3) is 10.9 Å². The van der Waals surface area contributed by atoms with Gasteiger partial charge < -0.3 is 11.2 Å². The fourth-order valence-electron chi connectivity index (χ4n) is 2.96. The van der Waals surface area contributed by atoms with Gasteiger partial charge in [0.15, 0.2) is 0 Å². The molecule has 0 saturated carbocycles. The molecule has 5 N–H and O–H groups in total. The molecule has 1 aliphatic heterocycles. The van der Waals surface area contributed by atoms with Crippen LogP contribution in [0.15, 0.2) is 30.3 Å². The van der Waals surface area contributed by atoms with Gasteiger partial charge in [-0.05, 0) is 31.5 Å². The maximum absolute atomic E-state index is 11.5. The van der Waals surface area contributed by atoms with E-state index in [9.17, 15) is 4.79 Å². The Kier molecular flexibility index (Phi) is 3.72. The molecule has 1 aromatic heterocycles. The molecule has 2 heterocycles. The fraction of sp³-hybridized carbons (Fsp3) is 0.333. The molecule has 0 radical (unpaired) electrons. The molecular formula is C15H19N5O. The van der Waals surface area contributed by atoms with Crippen LogP contribution in [0.5, 0.6) is 0 Å². The minimum Gasteiger partial charge on any atom is -0.368 e. The van der Waals surface area contributed by atoms with Crippen molar-refractivity contribution in [2.75, 3.05) is 12.0 Å². The molecule has 6 heteroatoms. The third kappa shape index (κ3) is 2.68. The number of nitrogens with zero attached hydrogens (tertiary/aromatic N) is 2. The number of likely N-dealkylation sites (tertiary alicyclic amines) is 1. The first-order valence-corrected chi connectivity index (χ1v) is 7.07. The zero-order valence-corrected chi connectivity index (χ0v) is 11.7. The van der Waals surface area contributed by atoms with Gasteiger partial charge in [-0.3, -0.25) is 9.69 Å². The summed E-state index contributed by atoms with van der Waals surface area (Å²) in [6, 6.07) is 9.75. The zero-order valence-electron chi connectivity index (χ0n) is 11.7. The molecule has 0 aliphatic carbocycles. The number of hydrogen-bond donors (Lipinski definition) is 3. The van der Waals surface area contributed by atoms with E-state index in [4.69, 9.17) is 11.6 Å². The second kappa shape index (κ2) is 5.67. The minimum atomic E-state index is -0.261. The number of fused-ring (bicyclic) bond motifs is 1. The first-order valence-electron chi connectivity index (χ1n) is 7.07. The second-order valence-electron chi connectivity index (χ2n) is 5.36. The molecule has 0 bridgehead atoms. The number of anilines is 1. The lowest BCUT2D eigenvalue weighted by molar-refractivity contribution is -0.122. The molecule has 2 aromatic rings. The maximum atomic E-state index is 11.5. The summed E-state index contributed by atoms with van der Waals surface area (Å²) in [6.45, 7) is 1.48. The number of pyridine rings is 1. The van der Waals surface area contributed by atoms with Crippen LogP contribution in [-0.2, 0) is 11.3 Å². The highest BCUT2D eigenvalue weighted by atomic mass is 16.1. The molecule has 110 valence electrons. The lowest BCUT2D eigenvalue weighted by atomic mass is 10.1. The lowest BCUT2D eigenvalue weighted by Gasteiger charge is -2.23. The molecule has 21 heavy (non-hydrogen) atoms. The molecule has 6 nitrogen and oxygen atoms in total. The number of para-hydroxylation sites is 1. The molecule has 1 aliphatic rings. The van der Waals surface area contributed by atoms with Crippen molar-refractivity contribution in [1.29, 1.82) is 0 Å². The predicted octanol–water partition coefficient (Wildman–Crippen LogP) is 0.970. The fourth-order valence-corrected chi connectivity index (χ4v) is 2.96. The van der Waals surface area contributed by atoms with Crippen LogP contribution in [-0.4, -0.2) is 28.4 Å². The highest BCUT2D eigenvalue weighted by Gasteiger charge is 2.29. The standard InChI is InChI=1S/C15H19N5O/c16-14(21)13-6-3-7-20(13)9-11-8-10-4-1-2-5-12(10)18-15(11)19-17/h1-2,4-5,8,13H,3,6-7,9,17H2,(H2,16,21)(H,18,19). The monoisotopic (exact) mass is 285 g/mol. The van der Waals surface area contributed by atoms with Crippen LogP contribution in [0.4, 0.5) is 5.82 Å². The van der Waals surface area contributed by atoms with E-state index in [0.717, 1.165) is 35.9 Å². The van der Waals surface area contributed by atoms with E-state index in [2.05, 4.69) is 21.4 Å². The van der Waals surface area contributed by atoms with Gasteiger partial charge in [-0.25, -0.2) is 10.8 Å². The highest BCUT2D eigenvalue weighted by molar-refractivity contribution is 5.82. The summed E-state index contributed by atoms with van der Waals surface area (Å²) in [7, 11) is 0. The van der Waals surface area contributed by atoms with Gasteiger partial charge in [0.2, 0.25) is 5.91 Å². The van der Waals surface area contributed by atoms with E-state index < -0.39 is 0 Å². The smallest absolute Gasteiger partial charge is 0.234 e. The summed E-state index contributed by atoms with van der Waals surface area (Å²) in [5.41, 5.74) is 9.99. The minimum absolute atomic E-state index is 0.193. The first kappa shape index (κ1) is 13.8. The van der Waals surface area contributed by atoms with Gasteiger partial charge in [-0.2, -0.15) is 0 Å². The van der Waals surface area contributed by atoms with Crippen molar-refractivity contribution in [2.45, 2.75) is 25.4 Å². The zero-order chi connectivity index (χ0) is 14.8. The Bertz CT molecular complexity index is 672. The Balaban J connectivity index is 1.94. The Morgan fingerprint density at radius 1 is 1.43 bits per heavy atom. The molecule has 1 saturated heterocycles. The Hall–Kier alpha value is -2.18. The van der Waals surface area contributed by atoms with Crippen molar-refractivity contribution in [3.63, 3.8) is 0 Å². The number of carbonyl (C=O) groups excluding carboxylic acids is 1. The third-order valence-electron chi connectivity index (χ3n) is 4.01. The first-order chi connectivity index (χ1) is 10.2. The molecule has 0 spiro atoms. The number of nitrogens with one attached hydrogen (secondary N) is 1. The summed E-state index contributed by atoms with van der Waals surface area (Å²) < 4.78 is 0. The van der Waals surface area contributed by atoms with Crippen molar-refractivity contribution in [2.24, 2.45) is 11.6 Å². The number of benzene rings is 1. The van der Waals surface area contributed by atoms with E-state index in [1.54, 1.807) is 0 Å². The molecular weight excluding hydrogens is 266 g/mol. The summed E-state index contributed by atoms with van der Waals surface area (Å²) >= 11 is 0. The van der Waals surface area contributed by atoms with Crippen LogP contribution in [0.1, 0.15) is 18.4 Å². The second-order valence-corrected chi connectivity index (χ2v) is 5.36. The largest absolute Gasteiger partial charge is 0.368 e. The van der Waals surface area contributed by atoms with E-state index in [1.807, 2.05) is 24.3 Å². The number of rotatable bonds is 4. The van der Waals surface area contributed by atoms with Gasteiger partial charge in [0, 0.05) is 17.5 Å². The van der Waals surface area contributed by atoms with E-state index in [0.29, 0.717) is 12.4 Å². The summed E-state index contributed by atoms with van der Waals surface area (Å²) in [5, 5.41) is 1.06. The average Bonchev–Trinajstić information content (AvgIpc) is 2.95. The average molecular weight is 285 g/mol. The lowest BCUT2D eigenvalue weighted by Crippen LogP contribution is -2.40. The number of nitrogens with two attached hydrogens (primary N) is 2. The third-order valence-corrected chi connectivity index (χ3v) is 4.01. The summed E-state index contributed by atoms with van der Waals surface area (Å²) in [4.78, 5) is 18.1. The molecule has 1 amide bonds. The van der Waals surface area contributed by atoms with E-state index in [-0.39, 0.29) is 11.9 Å². The summed E-state index contributed by atoms with van der Waals surface area (Å²) in [5.74, 6) is 5.97. The van der Waals surface area contributed by atoms with Crippen LogP contribution < -0.4 is 17.0 Å². The number of hydrogen-bond acceptors (Lipinski definition) is 5. The quantitative estimate of drug-likeness (QED) is 0.574. The molecule has 3 rings (SSSR count). The van der Waals surface area contributed by atoms with Gasteiger partial charge >= 0.3 is 0 Å². The van der Waals surface area contributed by atoms with E-state index >= 15 is 0 Å². The Labute approximate surface area is 123 Å². The van der Waals surface area contributed by atoms with Gasteiger partial charge in [-0.15, -0.1) is 0 Å². The summed E-state index contributed by atoms with van der Waals surface area (Å²) in [6.07, 6.45) is 1.81. The molecule has 1 unspecified atom stereocenters. The van der Waals surface area contributed by atoms with Crippen LogP contribution >= 0.6 is 0 Å². The van der Waals surface area contributed by atoms with E-state index in [1.165, 1.54) is 0 Å². The van der Waals surface area contributed by atoms with Crippen molar-refractivity contribution in [3.05, 3.63) is 35.9 Å². The van der Waals surface area contributed by atoms with Crippen molar-refractivity contribution < 1.29 is 4.79 Å².